The van der Waals surface area contributed by atoms with E-state index in [1.807, 2.05) is 61.6 Å². The monoisotopic (exact) mass is 604 g/mol. The lowest BCUT2D eigenvalue weighted by atomic mass is 9.73. The third kappa shape index (κ3) is 4.99. The van der Waals surface area contributed by atoms with Crippen molar-refractivity contribution in [2.75, 3.05) is 24.7 Å². The lowest BCUT2D eigenvalue weighted by molar-refractivity contribution is -0.161. The highest BCUT2D eigenvalue weighted by atomic mass is 35.5. The molecular formula is C34H37ClN2O6. The third-order valence-corrected chi connectivity index (χ3v) is 9.63. The van der Waals surface area contributed by atoms with Crippen LogP contribution in [0.5, 0.6) is 0 Å². The first-order chi connectivity index (χ1) is 20.8. The number of carbonyl (C=O) groups is 3. The summed E-state index contributed by atoms with van der Waals surface area (Å²) in [5.41, 5.74) is -1.04. The van der Waals surface area contributed by atoms with Crippen molar-refractivity contribution in [1.29, 1.82) is 0 Å². The van der Waals surface area contributed by atoms with Crippen LogP contribution >= 0.6 is 11.6 Å². The molecule has 6 rings (SSSR count). The first-order valence-electron chi connectivity index (χ1n) is 15.1. The summed E-state index contributed by atoms with van der Waals surface area (Å²) in [6.45, 7) is 2.06. The summed E-state index contributed by atoms with van der Waals surface area (Å²) in [6.07, 6.45) is 10.7. The molecule has 2 aromatic carbocycles. The number of cyclic esters (lactones) is 1. The molecule has 0 radical (unpaired) electrons. The zero-order valence-corrected chi connectivity index (χ0v) is 25.0. The van der Waals surface area contributed by atoms with E-state index in [2.05, 4.69) is 0 Å². The highest BCUT2D eigenvalue weighted by Crippen LogP contribution is 2.58. The molecule has 1 unspecified atom stereocenters. The molecule has 9 heteroatoms. The Hall–Kier alpha value is -3.46. The van der Waals surface area contributed by atoms with Gasteiger partial charge in [0, 0.05) is 17.3 Å². The summed E-state index contributed by atoms with van der Waals surface area (Å²) >= 11 is 6.16. The summed E-state index contributed by atoms with van der Waals surface area (Å²) in [5.74, 6) is -3.19. The van der Waals surface area contributed by atoms with Crippen molar-refractivity contribution in [2.45, 2.75) is 62.3 Å². The van der Waals surface area contributed by atoms with Gasteiger partial charge in [-0.2, -0.15) is 0 Å². The molecule has 0 aliphatic carbocycles. The van der Waals surface area contributed by atoms with Gasteiger partial charge in [-0.15, -0.1) is 0 Å². The van der Waals surface area contributed by atoms with Gasteiger partial charge in [0.2, 0.25) is 5.91 Å². The number of hydrogen-bond acceptors (Lipinski definition) is 6. The maximum Gasteiger partial charge on any atom is 0.313 e. The first kappa shape index (κ1) is 29.6. The summed E-state index contributed by atoms with van der Waals surface area (Å²) in [5, 5.41) is 11.3. The van der Waals surface area contributed by atoms with E-state index < -0.39 is 47.0 Å². The lowest BCUT2D eigenvalue weighted by Gasteiger charge is -2.41. The SMILES string of the molecule is CC[C@@]12/C=C\CCCCOC(=O)[C@@H]1[C@H]1C(=O)N([C@@H](CO)Cc3ccccc3)C3C(=O)N(c4ccc(Cl)cc4)CC=C[C@@]31O2. The van der Waals surface area contributed by atoms with E-state index in [1.165, 1.54) is 4.90 Å². The van der Waals surface area contributed by atoms with Crippen molar-refractivity contribution in [3.8, 4) is 0 Å². The topological polar surface area (TPSA) is 96.4 Å². The molecule has 1 N–H and O–H groups in total. The van der Waals surface area contributed by atoms with Crippen LogP contribution in [-0.4, -0.2) is 70.8 Å². The fraction of sp³-hybridized carbons (Fsp3) is 0.441. The van der Waals surface area contributed by atoms with Gasteiger partial charge >= 0.3 is 5.97 Å². The van der Waals surface area contributed by atoms with Gasteiger partial charge in [0.1, 0.15) is 23.2 Å². The number of anilines is 1. The van der Waals surface area contributed by atoms with Crippen molar-refractivity contribution in [1.82, 2.24) is 4.90 Å². The number of fused-ring (bicyclic) bond motifs is 2. The van der Waals surface area contributed by atoms with E-state index in [0.717, 1.165) is 24.8 Å². The lowest BCUT2D eigenvalue weighted by Crippen LogP contribution is -2.59. The Morgan fingerprint density at radius 3 is 2.47 bits per heavy atom. The number of esters is 1. The van der Waals surface area contributed by atoms with Crippen molar-refractivity contribution >= 4 is 35.1 Å². The second kappa shape index (κ2) is 11.9. The van der Waals surface area contributed by atoms with Crippen molar-refractivity contribution < 1.29 is 29.0 Å². The molecule has 0 bridgehead atoms. The van der Waals surface area contributed by atoms with E-state index >= 15 is 0 Å². The summed E-state index contributed by atoms with van der Waals surface area (Å²) in [6, 6.07) is 14.7. The fourth-order valence-electron chi connectivity index (χ4n) is 7.36. The quantitative estimate of drug-likeness (QED) is 0.386. The standard InChI is InChI=1S/C34H37ClN2O6/c1-2-33-17-8-3-4-9-20-42-32(41)28(33)27-30(39)37(26(22-38)21-23-11-6-5-7-12-23)29-31(40)36(19-10-18-34(27,29)43-33)25-15-13-24(35)14-16-25/h5-8,10-18,26-29,38H,2-4,9,19-22H2,1H3/b17-8-/t26-,27+,28+,29?,33-,34+/m1/s1. The molecule has 2 amide bonds. The van der Waals surface area contributed by atoms with Gasteiger partial charge in [-0.1, -0.05) is 73.2 Å². The molecule has 4 aliphatic rings. The highest BCUT2D eigenvalue weighted by Gasteiger charge is 2.75. The van der Waals surface area contributed by atoms with E-state index in [-0.39, 0.29) is 25.7 Å². The number of aliphatic hydroxyl groups is 1. The van der Waals surface area contributed by atoms with Crippen LogP contribution in [-0.2, 0) is 30.3 Å². The summed E-state index contributed by atoms with van der Waals surface area (Å²) < 4.78 is 12.8. The van der Waals surface area contributed by atoms with Crippen LogP contribution in [0.15, 0.2) is 78.9 Å². The van der Waals surface area contributed by atoms with Gasteiger partial charge in [0.25, 0.3) is 5.91 Å². The molecule has 0 saturated carbocycles. The van der Waals surface area contributed by atoms with Gasteiger partial charge < -0.3 is 24.4 Å². The van der Waals surface area contributed by atoms with E-state index in [4.69, 9.17) is 21.1 Å². The predicted molar refractivity (Wildman–Crippen MR) is 162 cm³/mol. The number of halogens is 1. The smallest absolute Gasteiger partial charge is 0.313 e. The van der Waals surface area contributed by atoms with Crippen molar-refractivity contribution in [2.24, 2.45) is 11.8 Å². The molecule has 43 heavy (non-hydrogen) atoms. The van der Waals surface area contributed by atoms with Crippen LogP contribution in [0.4, 0.5) is 5.69 Å². The van der Waals surface area contributed by atoms with Crippen molar-refractivity contribution in [3.05, 3.63) is 89.5 Å². The third-order valence-electron chi connectivity index (χ3n) is 9.38. The number of nitrogens with zero attached hydrogens (tertiary/aromatic N) is 2. The van der Waals surface area contributed by atoms with Gasteiger partial charge in [0.15, 0.2) is 0 Å². The number of likely N-dealkylation sites (tertiary alicyclic amines) is 1. The largest absolute Gasteiger partial charge is 0.465 e. The molecular weight excluding hydrogens is 568 g/mol. The minimum Gasteiger partial charge on any atom is -0.465 e. The van der Waals surface area contributed by atoms with Crippen LogP contribution in [0.1, 0.15) is 38.2 Å². The Labute approximate surface area is 256 Å². The van der Waals surface area contributed by atoms with Crippen LogP contribution in [0, 0.1) is 11.8 Å². The number of rotatable bonds is 6. The van der Waals surface area contributed by atoms with E-state index in [9.17, 15) is 19.5 Å². The van der Waals surface area contributed by atoms with Gasteiger partial charge in [-0.3, -0.25) is 14.4 Å². The molecule has 4 heterocycles. The minimum absolute atomic E-state index is 0.239. The molecule has 2 aromatic rings. The molecule has 2 fully saturated rings. The second-order valence-electron chi connectivity index (χ2n) is 11.8. The van der Waals surface area contributed by atoms with Crippen molar-refractivity contribution in [3.63, 3.8) is 0 Å². The van der Waals surface area contributed by atoms with Gasteiger partial charge in [0.05, 0.1) is 25.2 Å². The number of benzene rings is 2. The zero-order valence-electron chi connectivity index (χ0n) is 24.2. The normalized spacial score (nSPS) is 32.0. The first-order valence-corrected chi connectivity index (χ1v) is 15.5. The molecule has 6 atom stereocenters. The number of ether oxygens (including phenoxy) is 2. The number of carbonyl (C=O) groups excluding carboxylic acids is 3. The average Bonchev–Trinajstić information content (AvgIpc) is 3.38. The fourth-order valence-corrected chi connectivity index (χ4v) is 7.49. The Balaban J connectivity index is 1.51. The predicted octanol–water partition coefficient (Wildman–Crippen LogP) is 4.49. The number of amides is 2. The Kier molecular flexibility index (Phi) is 8.20. The molecule has 0 aromatic heterocycles. The number of allylic oxidation sites excluding steroid dienone is 1. The Bertz CT molecular complexity index is 1430. The van der Waals surface area contributed by atoms with E-state index in [1.54, 1.807) is 29.2 Å². The Morgan fingerprint density at radius 1 is 0.977 bits per heavy atom. The van der Waals surface area contributed by atoms with Gasteiger partial charge in [-0.25, -0.2) is 0 Å². The molecule has 2 saturated heterocycles. The number of aliphatic hydroxyl groups excluding tert-OH is 1. The van der Waals surface area contributed by atoms with Crippen LogP contribution < -0.4 is 4.90 Å². The van der Waals surface area contributed by atoms with E-state index in [0.29, 0.717) is 23.6 Å². The maximum atomic E-state index is 14.8. The average molecular weight is 605 g/mol. The van der Waals surface area contributed by atoms with Crippen LogP contribution in [0.3, 0.4) is 0 Å². The molecule has 8 nitrogen and oxygen atoms in total. The van der Waals surface area contributed by atoms with Crippen LogP contribution in [0.25, 0.3) is 0 Å². The zero-order chi connectivity index (χ0) is 30.2. The molecule has 4 aliphatic heterocycles. The molecule has 1 spiro atoms. The number of hydrogen-bond donors (Lipinski definition) is 1. The summed E-state index contributed by atoms with van der Waals surface area (Å²) in [4.78, 5) is 46.5. The van der Waals surface area contributed by atoms with Gasteiger partial charge in [-0.05, 0) is 61.9 Å². The Morgan fingerprint density at radius 2 is 1.74 bits per heavy atom. The highest BCUT2D eigenvalue weighted by molar-refractivity contribution is 6.30. The van der Waals surface area contributed by atoms with Crippen LogP contribution in [0.2, 0.25) is 5.02 Å². The second-order valence-corrected chi connectivity index (χ2v) is 12.2. The minimum atomic E-state index is -1.45. The summed E-state index contributed by atoms with van der Waals surface area (Å²) in [7, 11) is 0. The maximum absolute atomic E-state index is 14.8. The molecule has 226 valence electrons.